The third-order valence-corrected chi connectivity index (χ3v) is 1.99. The van der Waals surface area contributed by atoms with Gasteiger partial charge in [0, 0.05) is 12.6 Å². The van der Waals surface area contributed by atoms with Crippen LogP contribution < -0.4 is 5.73 Å². The molecule has 0 amide bonds. The minimum atomic E-state index is -0.354. The zero-order chi connectivity index (χ0) is 10.7. The van der Waals surface area contributed by atoms with Crippen LogP contribution in [0.2, 0.25) is 0 Å². The summed E-state index contributed by atoms with van der Waals surface area (Å²) >= 11 is 0. The lowest BCUT2D eigenvalue weighted by Gasteiger charge is -1.98. The first kappa shape index (κ1) is 9.79. The quantitative estimate of drug-likeness (QED) is 0.812. The third-order valence-electron chi connectivity index (χ3n) is 1.99. The minimum Gasteiger partial charge on any atom is -0.330 e. The number of nitrogens with zero attached hydrogens (tertiary/aromatic N) is 3. The van der Waals surface area contributed by atoms with Gasteiger partial charge in [0.15, 0.2) is 5.82 Å². The molecular weight excluding hydrogens is 195 g/mol. The Kier molecular flexibility index (Phi) is 2.73. The summed E-state index contributed by atoms with van der Waals surface area (Å²) in [5, 5.41) is 4.25. The van der Waals surface area contributed by atoms with Gasteiger partial charge in [-0.05, 0) is 24.7 Å². The van der Waals surface area contributed by atoms with Crippen molar-refractivity contribution in [1.82, 2.24) is 14.8 Å². The van der Waals surface area contributed by atoms with Crippen molar-refractivity contribution < 1.29 is 4.39 Å². The van der Waals surface area contributed by atoms with E-state index in [1.165, 1.54) is 12.3 Å². The molecule has 0 saturated carbocycles. The van der Waals surface area contributed by atoms with E-state index in [-0.39, 0.29) is 5.82 Å². The molecule has 2 aromatic heterocycles. The van der Waals surface area contributed by atoms with Gasteiger partial charge >= 0.3 is 0 Å². The maximum atomic E-state index is 12.6. The summed E-state index contributed by atoms with van der Waals surface area (Å²) in [6.45, 7) is 0.563. The molecule has 0 radical (unpaired) electrons. The van der Waals surface area contributed by atoms with Crippen LogP contribution in [0.3, 0.4) is 0 Å². The minimum absolute atomic E-state index is 0.354. The van der Waals surface area contributed by atoms with Crippen molar-refractivity contribution in [2.24, 2.45) is 5.73 Å². The number of nitrogens with two attached hydrogens (primary N) is 1. The summed E-state index contributed by atoms with van der Waals surface area (Å²) in [7, 11) is 0. The first-order valence-electron chi connectivity index (χ1n) is 4.66. The summed E-state index contributed by atoms with van der Waals surface area (Å²) in [6, 6.07) is 4.80. The summed E-state index contributed by atoms with van der Waals surface area (Å²) in [6.07, 6.45) is 3.68. The molecule has 2 heterocycles. The highest BCUT2D eigenvalue weighted by Crippen LogP contribution is 2.05. The van der Waals surface area contributed by atoms with E-state index in [9.17, 15) is 4.39 Å². The number of hydrogen-bond acceptors (Lipinski definition) is 3. The zero-order valence-electron chi connectivity index (χ0n) is 8.10. The van der Waals surface area contributed by atoms with Gasteiger partial charge in [-0.2, -0.15) is 5.10 Å². The Morgan fingerprint density at radius 2 is 2.20 bits per heavy atom. The van der Waals surface area contributed by atoms with E-state index in [2.05, 4.69) is 10.1 Å². The predicted molar refractivity (Wildman–Crippen MR) is 54.1 cm³/mol. The zero-order valence-corrected chi connectivity index (χ0v) is 8.10. The molecule has 0 atom stereocenters. The van der Waals surface area contributed by atoms with E-state index in [1.807, 2.05) is 6.07 Å². The van der Waals surface area contributed by atoms with Crippen LogP contribution >= 0.6 is 0 Å². The van der Waals surface area contributed by atoms with E-state index in [0.29, 0.717) is 12.4 Å². The largest absolute Gasteiger partial charge is 0.330 e. The highest BCUT2D eigenvalue weighted by Gasteiger charge is 2.01. The van der Waals surface area contributed by atoms with Crippen LogP contribution in [0.5, 0.6) is 0 Å². The fraction of sp³-hybridized carbons (Fsp3) is 0.200. The average Bonchev–Trinajstić information content (AvgIpc) is 2.68. The monoisotopic (exact) mass is 206 g/mol. The van der Waals surface area contributed by atoms with Crippen LogP contribution in [0.25, 0.3) is 5.82 Å². The Hall–Kier alpha value is -1.75. The van der Waals surface area contributed by atoms with Crippen LogP contribution in [0, 0.1) is 5.82 Å². The third kappa shape index (κ3) is 2.19. The van der Waals surface area contributed by atoms with Crippen LogP contribution in [-0.4, -0.2) is 21.3 Å². The molecule has 0 spiro atoms. The molecular formula is C10H11FN4. The number of halogens is 1. The van der Waals surface area contributed by atoms with Crippen molar-refractivity contribution >= 4 is 0 Å². The molecule has 0 aliphatic carbocycles. The van der Waals surface area contributed by atoms with Gasteiger partial charge in [-0.3, -0.25) is 0 Å². The molecule has 0 bridgehead atoms. The average molecular weight is 206 g/mol. The molecule has 4 nitrogen and oxygen atoms in total. The molecule has 0 unspecified atom stereocenters. The first-order valence-corrected chi connectivity index (χ1v) is 4.66. The molecule has 2 aromatic rings. The molecule has 0 aliphatic rings. The van der Waals surface area contributed by atoms with Crippen molar-refractivity contribution in [1.29, 1.82) is 0 Å². The van der Waals surface area contributed by atoms with Gasteiger partial charge in [0.1, 0.15) is 5.82 Å². The Bertz CT molecular complexity index is 435. The summed E-state index contributed by atoms with van der Waals surface area (Å²) in [5.41, 5.74) is 6.32. The lowest BCUT2D eigenvalue weighted by atomic mass is 10.3. The Balaban J connectivity index is 2.25. The Labute approximate surface area is 86.6 Å². The number of rotatable bonds is 3. The molecule has 0 aliphatic heterocycles. The predicted octanol–water partition coefficient (Wildman–Crippen LogP) is 0.908. The molecule has 78 valence electrons. The molecule has 15 heavy (non-hydrogen) atoms. The maximum absolute atomic E-state index is 12.6. The number of aromatic nitrogens is 3. The molecule has 2 N–H and O–H groups in total. The van der Waals surface area contributed by atoms with E-state index < -0.39 is 0 Å². The topological polar surface area (TPSA) is 56.7 Å². The highest BCUT2D eigenvalue weighted by molar-refractivity contribution is 5.21. The normalized spacial score (nSPS) is 10.5. The van der Waals surface area contributed by atoms with Crippen molar-refractivity contribution in [2.75, 3.05) is 6.54 Å². The SMILES string of the molecule is NCCc1ccn(-c2ccc(F)cn2)n1. The second-order valence-electron chi connectivity index (χ2n) is 3.12. The fourth-order valence-electron chi connectivity index (χ4n) is 1.27. The van der Waals surface area contributed by atoms with Gasteiger partial charge in [0.05, 0.1) is 11.9 Å². The van der Waals surface area contributed by atoms with Gasteiger partial charge in [0.2, 0.25) is 0 Å². The summed E-state index contributed by atoms with van der Waals surface area (Å²) in [4.78, 5) is 3.92. The Morgan fingerprint density at radius 3 is 2.87 bits per heavy atom. The molecule has 5 heteroatoms. The van der Waals surface area contributed by atoms with Crippen molar-refractivity contribution in [3.05, 3.63) is 42.1 Å². The van der Waals surface area contributed by atoms with Crippen LogP contribution in [-0.2, 0) is 6.42 Å². The molecule has 0 fully saturated rings. The van der Waals surface area contributed by atoms with E-state index in [4.69, 9.17) is 5.73 Å². The van der Waals surface area contributed by atoms with E-state index in [0.717, 1.165) is 12.1 Å². The van der Waals surface area contributed by atoms with Gasteiger partial charge in [-0.25, -0.2) is 14.1 Å². The first-order chi connectivity index (χ1) is 7.29. The lowest BCUT2D eigenvalue weighted by Crippen LogP contribution is -2.04. The van der Waals surface area contributed by atoms with Crippen LogP contribution in [0.1, 0.15) is 5.69 Å². The second kappa shape index (κ2) is 4.18. The number of hydrogen-bond donors (Lipinski definition) is 1. The van der Waals surface area contributed by atoms with Crippen LogP contribution in [0.4, 0.5) is 4.39 Å². The highest BCUT2D eigenvalue weighted by atomic mass is 19.1. The van der Waals surface area contributed by atoms with E-state index in [1.54, 1.807) is 16.9 Å². The smallest absolute Gasteiger partial charge is 0.153 e. The van der Waals surface area contributed by atoms with Gasteiger partial charge in [0.25, 0.3) is 0 Å². The second-order valence-corrected chi connectivity index (χ2v) is 3.12. The summed E-state index contributed by atoms with van der Waals surface area (Å²) in [5.74, 6) is 0.243. The standard InChI is InChI=1S/C10H11FN4/c11-8-1-2-10(13-7-8)15-6-4-9(14-15)3-5-12/h1-2,4,6-7H,3,5,12H2. The molecule has 0 saturated heterocycles. The van der Waals surface area contributed by atoms with Gasteiger partial charge < -0.3 is 5.73 Å². The van der Waals surface area contributed by atoms with Crippen molar-refractivity contribution in [3.63, 3.8) is 0 Å². The van der Waals surface area contributed by atoms with Crippen molar-refractivity contribution in [3.8, 4) is 5.82 Å². The van der Waals surface area contributed by atoms with Gasteiger partial charge in [-0.15, -0.1) is 0 Å². The lowest BCUT2D eigenvalue weighted by molar-refractivity contribution is 0.619. The summed E-state index contributed by atoms with van der Waals surface area (Å²) < 4.78 is 14.2. The van der Waals surface area contributed by atoms with E-state index >= 15 is 0 Å². The fourth-order valence-corrected chi connectivity index (χ4v) is 1.27. The number of pyridine rings is 1. The van der Waals surface area contributed by atoms with Crippen molar-refractivity contribution in [2.45, 2.75) is 6.42 Å². The Morgan fingerprint density at radius 1 is 1.33 bits per heavy atom. The maximum Gasteiger partial charge on any atom is 0.153 e. The molecule has 2 rings (SSSR count). The molecule has 0 aromatic carbocycles. The van der Waals surface area contributed by atoms with Crippen LogP contribution in [0.15, 0.2) is 30.6 Å². The van der Waals surface area contributed by atoms with Gasteiger partial charge in [-0.1, -0.05) is 0 Å².